The van der Waals surface area contributed by atoms with E-state index in [-0.39, 0.29) is 6.03 Å². The first kappa shape index (κ1) is 17.3. The number of anilines is 1. The van der Waals surface area contributed by atoms with Crippen molar-refractivity contribution in [2.24, 2.45) is 0 Å². The van der Waals surface area contributed by atoms with Gasteiger partial charge < -0.3 is 10.6 Å². The van der Waals surface area contributed by atoms with Crippen molar-refractivity contribution in [2.45, 2.75) is 40.2 Å². The van der Waals surface area contributed by atoms with Crippen molar-refractivity contribution >= 4 is 23.3 Å². The van der Waals surface area contributed by atoms with E-state index in [0.29, 0.717) is 11.6 Å². The van der Waals surface area contributed by atoms with Crippen LogP contribution in [0.4, 0.5) is 10.5 Å². The van der Waals surface area contributed by atoms with E-state index in [1.807, 2.05) is 44.2 Å². The molecule has 0 radical (unpaired) electrons. The molecule has 0 bridgehead atoms. The third-order valence-corrected chi connectivity index (χ3v) is 4.05. The third-order valence-electron chi connectivity index (χ3n) is 3.69. The van der Waals surface area contributed by atoms with Crippen molar-refractivity contribution < 1.29 is 4.79 Å². The van der Waals surface area contributed by atoms with Gasteiger partial charge in [-0.25, -0.2) is 4.79 Å². The molecule has 122 valence electrons. The number of pyridine rings is 1. The number of benzene rings is 1. The van der Waals surface area contributed by atoms with Crippen LogP contribution in [0.25, 0.3) is 0 Å². The minimum absolute atomic E-state index is 0.250. The minimum Gasteiger partial charge on any atom is -0.332 e. The molecular formula is C18H22ClN3O. The predicted molar refractivity (Wildman–Crippen MR) is 95.0 cm³/mol. The number of halogens is 1. The Hall–Kier alpha value is -2.07. The van der Waals surface area contributed by atoms with E-state index < -0.39 is 0 Å². The molecule has 0 unspecified atom stereocenters. The molecule has 1 aromatic heterocycles. The number of carbonyl (C=O) groups excluding carboxylic acids is 1. The molecule has 0 saturated heterocycles. The highest BCUT2D eigenvalue weighted by molar-refractivity contribution is 6.31. The molecule has 0 spiro atoms. The summed E-state index contributed by atoms with van der Waals surface area (Å²) in [5.41, 5.74) is 4.63. The van der Waals surface area contributed by atoms with Crippen LogP contribution in [0.2, 0.25) is 5.02 Å². The molecule has 0 atom stereocenters. The van der Waals surface area contributed by atoms with Crippen LogP contribution in [0.1, 0.15) is 36.4 Å². The number of hydrogen-bond acceptors (Lipinski definition) is 2. The second-order valence-electron chi connectivity index (χ2n) is 5.35. The summed E-state index contributed by atoms with van der Waals surface area (Å²) in [6.07, 6.45) is 1.60. The highest BCUT2D eigenvalue weighted by atomic mass is 35.5. The maximum absolute atomic E-state index is 12.2. The summed E-state index contributed by atoms with van der Waals surface area (Å²) >= 11 is 6.25. The van der Waals surface area contributed by atoms with Gasteiger partial charge in [0.05, 0.1) is 17.9 Å². The number of nitrogens with zero attached hydrogens (tertiary/aromatic N) is 1. The maximum atomic E-state index is 12.2. The maximum Gasteiger partial charge on any atom is 0.319 e. The van der Waals surface area contributed by atoms with Gasteiger partial charge in [-0.05, 0) is 49.1 Å². The smallest absolute Gasteiger partial charge is 0.319 e. The number of aromatic nitrogens is 1. The molecule has 0 aliphatic heterocycles. The van der Waals surface area contributed by atoms with E-state index >= 15 is 0 Å². The van der Waals surface area contributed by atoms with E-state index in [1.54, 1.807) is 0 Å². The number of amides is 2. The van der Waals surface area contributed by atoms with Crippen LogP contribution in [-0.4, -0.2) is 11.0 Å². The Labute approximate surface area is 142 Å². The lowest BCUT2D eigenvalue weighted by atomic mass is 10.0. The summed E-state index contributed by atoms with van der Waals surface area (Å²) in [4.78, 5) is 16.6. The highest BCUT2D eigenvalue weighted by Crippen LogP contribution is 2.29. The molecule has 0 fully saturated rings. The van der Waals surface area contributed by atoms with Crippen molar-refractivity contribution in [3.63, 3.8) is 0 Å². The lowest BCUT2D eigenvalue weighted by Gasteiger charge is -2.16. The molecule has 2 amide bonds. The summed E-state index contributed by atoms with van der Waals surface area (Å²) < 4.78 is 0. The van der Waals surface area contributed by atoms with Gasteiger partial charge in [-0.15, -0.1) is 0 Å². The van der Waals surface area contributed by atoms with E-state index in [1.165, 1.54) is 0 Å². The monoisotopic (exact) mass is 331 g/mol. The van der Waals surface area contributed by atoms with Crippen LogP contribution < -0.4 is 10.6 Å². The molecule has 2 rings (SSSR count). The van der Waals surface area contributed by atoms with Gasteiger partial charge >= 0.3 is 6.03 Å². The molecule has 4 nitrogen and oxygen atoms in total. The zero-order valence-corrected chi connectivity index (χ0v) is 14.5. The summed E-state index contributed by atoms with van der Waals surface area (Å²) in [6, 6.07) is 9.34. The molecule has 0 aliphatic rings. The minimum atomic E-state index is -0.250. The Morgan fingerprint density at radius 3 is 2.61 bits per heavy atom. The van der Waals surface area contributed by atoms with Gasteiger partial charge in [-0.3, -0.25) is 4.98 Å². The van der Waals surface area contributed by atoms with Crippen LogP contribution in [0, 0.1) is 6.92 Å². The lowest BCUT2D eigenvalue weighted by Crippen LogP contribution is -2.29. The SMILES string of the molecule is CCc1ccc(Cl)c(CC)c1NC(=O)NCc1cccc(C)n1. The van der Waals surface area contributed by atoms with E-state index in [9.17, 15) is 4.79 Å². The number of rotatable bonds is 5. The standard InChI is InChI=1S/C18H22ClN3O/c1-4-13-9-10-16(19)15(5-2)17(13)22-18(23)20-11-14-8-6-7-12(3)21-14/h6-10H,4-5,11H2,1-3H3,(H2,20,22,23). The van der Waals surface area contributed by atoms with Gasteiger partial charge in [0.1, 0.15) is 0 Å². The molecule has 0 saturated carbocycles. The quantitative estimate of drug-likeness (QED) is 0.848. The Bertz CT molecular complexity index is 701. The first-order chi connectivity index (χ1) is 11.0. The van der Waals surface area contributed by atoms with Crippen molar-refractivity contribution in [3.05, 3.63) is 57.9 Å². The average Bonchev–Trinajstić information content (AvgIpc) is 2.53. The van der Waals surface area contributed by atoms with Crippen molar-refractivity contribution in [2.75, 3.05) is 5.32 Å². The Kier molecular flexibility index (Phi) is 5.99. The zero-order chi connectivity index (χ0) is 16.8. The fourth-order valence-electron chi connectivity index (χ4n) is 2.49. The van der Waals surface area contributed by atoms with Crippen LogP contribution in [0.15, 0.2) is 30.3 Å². The number of hydrogen-bond donors (Lipinski definition) is 2. The summed E-state index contributed by atoms with van der Waals surface area (Å²) in [6.45, 7) is 6.40. The lowest BCUT2D eigenvalue weighted by molar-refractivity contribution is 0.251. The molecular weight excluding hydrogens is 310 g/mol. The van der Waals surface area contributed by atoms with E-state index in [2.05, 4.69) is 22.5 Å². The van der Waals surface area contributed by atoms with Crippen LogP contribution in [0.5, 0.6) is 0 Å². The normalized spacial score (nSPS) is 10.4. The molecule has 2 aromatic rings. The van der Waals surface area contributed by atoms with Gasteiger partial charge in [-0.2, -0.15) is 0 Å². The van der Waals surface area contributed by atoms with Gasteiger partial charge in [0.2, 0.25) is 0 Å². The summed E-state index contributed by atoms with van der Waals surface area (Å²) in [5, 5.41) is 6.47. The Morgan fingerprint density at radius 2 is 1.96 bits per heavy atom. The van der Waals surface area contributed by atoms with Crippen molar-refractivity contribution in [1.82, 2.24) is 10.3 Å². The molecule has 1 aromatic carbocycles. The van der Waals surface area contributed by atoms with Gasteiger partial charge in [-0.1, -0.05) is 37.6 Å². The molecule has 23 heavy (non-hydrogen) atoms. The number of nitrogens with one attached hydrogen (secondary N) is 2. The van der Waals surface area contributed by atoms with Gasteiger partial charge in [0.25, 0.3) is 0 Å². The van der Waals surface area contributed by atoms with E-state index in [4.69, 9.17) is 11.6 Å². The van der Waals surface area contributed by atoms with Crippen molar-refractivity contribution in [1.29, 1.82) is 0 Å². The topological polar surface area (TPSA) is 54.0 Å². The second-order valence-corrected chi connectivity index (χ2v) is 5.75. The Morgan fingerprint density at radius 1 is 1.17 bits per heavy atom. The summed E-state index contributed by atoms with van der Waals surface area (Å²) in [5.74, 6) is 0. The largest absolute Gasteiger partial charge is 0.332 e. The highest BCUT2D eigenvalue weighted by Gasteiger charge is 2.13. The van der Waals surface area contributed by atoms with Gasteiger partial charge in [0, 0.05) is 10.7 Å². The second kappa shape index (κ2) is 7.97. The number of aryl methyl sites for hydroxylation is 2. The Balaban J connectivity index is 2.09. The fraction of sp³-hybridized carbons (Fsp3) is 0.333. The number of carbonyl (C=O) groups is 1. The first-order valence-electron chi connectivity index (χ1n) is 7.82. The first-order valence-corrected chi connectivity index (χ1v) is 8.20. The fourth-order valence-corrected chi connectivity index (χ4v) is 2.78. The molecule has 1 heterocycles. The van der Waals surface area contributed by atoms with E-state index in [0.717, 1.165) is 41.0 Å². The van der Waals surface area contributed by atoms with Crippen LogP contribution in [-0.2, 0) is 19.4 Å². The van der Waals surface area contributed by atoms with Crippen LogP contribution >= 0.6 is 11.6 Å². The van der Waals surface area contributed by atoms with Gasteiger partial charge in [0.15, 0.2) is 0 Å². The number of urea groups is 1. The van der Waals surface area contributed by atoms with Crippen molar-refractivity contribution in [3.8, 4) is 0 Å². The molecule has 2 N–H and O–H groups in total. The average molecular weight is 332 g/mol. The summed E-state index contributed by atoms with van der Waals surface area (Å²) in [7, 11) is 0. The third kappa shape index (κ3) is 4.45. The van der Waals surface area contributed by atoms with Crippen LogP contribution in [0.3, 0.4) is 0 Å². The molecule has 5 heteroatoms. The molecule has 0 aliphatic carbocycles. The zero-order valence-electron chi connectivity index (χ0n) is 13.7. The predicted octanol–water partition coefficient (Wildman–Crippen LogP) is 4.49.